The van der Waals surface area contributed by atoms with Crippen molar-refractivity contribution in [2.75, 3.05) is 26.4 Å². The van der Waals surface area contributed by atoms with Crippen LogP contribution in [0.1, 0.15) is 0 Å². The van der Waals surface area contributed by atoms with E-state index >= 15 is 0 Å². The highest BCUT2D eigenvalue weighted by Crippen LogP contribution is 2.77. The van der Waals surface area contributed by atoms with Gasteiger partial charge in [-0.25, -0.2) is 8.37 Å². The zero-order chi connectivity index (χ0) is 29.4. The van der Waals surface area contributed by atoms with Crippen molar-refractivity contribution in [3.05, 3.63) is 20.1 Å². The lowest BCUT2D eigenvalue weighted by molar-refractivity contribution is 0.207. The molecular formula is C18H12Cl12O7S2. The fourth-order valence-corrected chi connectivity index (χ4v) is 13.4. The predicted octanol–water partition coefficient (Wildman–Crippen LogP) is 7.05. The number of hydrogen-bond acceptors (Lipinski definition) is 7. The van der Waals surface area contributed by atoms with Gasteiger partial charge in [-0.15, -0.1) is 46.4 Å². The average Bonchev–Trinajstić information content (AvgIpc) is 3.08. The number of allylic oxidation sites excluding steroid dienone is 4. The second-order valence-corrected chi connectivity index (χ2v) is 18.1. The third kappa shape index (κ3) is 3.97. The van der Waals surface area contributed by atoms with E-state index in [4.69, 9.17) is 156 Å². The van der Waals surface area contributed by atoms with Gasteiger partial charge in [0, 0.05) is 23.7 Å². The highest BCUT2D eigenvalue weighted by molar-refractivity contribution is 7.81. The van der Waals surface area contributed by atoms with Crippen LogP contribution in [0.5, 0.6) is 0 Å². The van der Waals surface area contributed by atoms with E-state index in [1.807, 2.05) is 0 Å². The van der Waals surface area contributed by atoms with Crippen molar-refractivity contribution in [1.82, 2.24) is 0 Å². The van der Waals surface area contributed by atoms with Gasteiger partial charge in [-0.2, -0.15) is 12.6 Å². The topological polar surface area (TPSA) is 88.1 Å². The molecule has 0 amide bonds. The maximum Gasteiger partial charge on any atom is 0.399 e. The average molecular weight is 830 g/mol. The van der Waals surface area contributed by atoms with E-state index in [1.165, 1.54) is 0 Å². The molecule has 7 nitrogen and oxygen atoms in total. The molecule has 2 aliphatic heterocycles. The van der Waals surface area contributed by atoms with Gasteiger partial charge in [0.15, 0.2) is 8.67 Å². The van der Waals surface area contributed by atoms with E-state index in [-0.39, 0.29) is 46.6 Å². The second kappa shape index (κ2) is 10.2. The highest BCUT2D eigenvalue weighted by Gasteiger charge is 2.83. The monoisotopic (exact) mass is 824 g/mol. The van der Waals surface area contributed by atoms with Crippen LogP contribution in [0.4, 0.5) is 0 Å². The molecular weight excluding hydrogens is 818 g/mol. The third-order valence-electron chi connectivity index (χ3n) is 7.98. The van der Waals surface area contributed by atoms with Crippen molar-refractivity contribution in [2.45, 2.75) is 28.2 Å². The van der Waals surface area contributed by atoms with Crippen LogP contribution >= 0.6 is 139 Å². The van der Waals surface area contributed by atoms with Gasteiger partial charge in [0.1, 0.15) is 19.5 Å². The Kier molecular flexibility index (Phi) is 8.70. The molecule has 0 spiro atoms. The van der Waals surface area contributed by atoms with Crippen LogP contribution in [0, 0.1) is 23.7 Å². The minimum atomic E-state index is -4.11. The Morgan fingerprint density at radius 2 is 0.821 bits per heavy atom. The largest absolute Gasteiger partial charge is 0.399 e. The van der Waals surface area contributed by atoms with Crippen LogP contribution in [0.25, 0.3) is 0 Å². The summed E-state index contributed by atoms with van der Waals surface area (Å²) in [6.45, 7) is -0.577. The Hall–Kier alpha value is 2.90. The van der Waals surface area contributed by atoms with Crippen molar-refractivity contribution in [1.29, 1.82) is 0 Å². The maximum atomic E-state index is 11.4. The highest BCUT2D eigenvalue weighted by atomic mass is 35.5. The zero-order valence-electron chi connectivity index (χ0n) is 18.3. The van der Waals surface area contributed by atoms with Crippen LogP contribution < -0.4 is 0 Å². The van der Waals surface area contributed by atoms with Gasteiger partial charge in [-0.05, 0) is 0 Å². The maximum absolute atomic E-state index is 11.4. The van der Waals surface area contributed by atoms with Gasteiger partial charge in [0.05, 0.1) is 46.6 Å². The normalized spacial score (nSPS) is 50.6. The molecule has 0 N–H and O–H groups in total. The van der Waals surface area contributed by atoms with Crippen molar-refractivity contribution < 1.29 is 29.4 Å². The van der Waals surface area contributed by atoms with E-state index < -0.39 is 73.6 Å². The van der Waals surface area contributed by atoms with Gasteiger partial charge >= 0.3 is 21.8 Å². The van der Waals surface area contributed by atoms with E-state index in [1.54, 1.807) is 0 Å². The van der Waals surface area contributed by atoms with Gasteiger partial charge in [-0.1, -0.05) is 92.8 Å². The van der Waals surface area contributed by atoms with Crippen LogP contribution in [0.3, 0.4) is 0 Å². The van der Waals surface area contributed by atoms with Gasteiger partial charge in [-0.3, -0.25) is 8.37 Å². The molecule has 0 aromatic carbocycles. The molecule has 4 unspecified atom stereocenters. The standard InChI is InChI=1S/C9H6Cl6O4S.C9H6Cl6O3S/c10-5-6(11)8(13)4-2-19-20(16,17)18-1-3(4)7(5,12)9(8,14)15;10-5-6(11)8(13)4-2-18-19(16)17-1-3(4)7(5,12)9(8,14)15/h3-4H,1-2H2;3-4H,1-2H2/t3-,4+,7+,8-;. The Labute approximate surface area is 285 Å². The first-order chi connectivity index (χ1) is 17.7. The van der Waals surface area contributed by atoms with E-state index in [2.05, 4.69) is 0 Å². The molecule has 0 aromatic rings. The molecule has 6 aliphatic rings. The quantitative estimate of drug-likeness (QED) is 0.242. The Bertz CT molecular complexity index is 1240. The summed E-state index contributed by atoms with van der Waals surface area (Å²) in [5.74, 6) is -2.24. The number of fused-ring (bicyclic) bond motifs is 10. The molecule has 0 aromatic heterocycles. The molecule has 4 bridgehead atoms. The van der Waals surface area contributed by atoms with Gasteiger partial charge in [0.25, 0.3) is 0 Å². The number of hydrogen-bond donors (Lipinski definition) is 0. The summed E-state index contributed by atoms with van der Waals surface area (Å²) in [5, 5.41) is 0.219. The van der Waals surface area contributed by atoms with E-state index in [0.717, 1.165) is 0 Å². The number of halogens is 12. The lowest BCUT2D eigenvalue weighted by Crippen LogP contribution is -2.45. The second-order valence-electron chi connectivity index (χ2n) is 9.43. The predicted molar refractivity (Wildman–Crippen MR) is 156 cm³/mol. The molecule has 4 fully saturated rings. The number of rotatable bonds is 0. The lowest BCUT2D eigenvalue weighted by atomic mass is 9.83. The molecule has 2 saturated heterocycles. The summed E-state index contributed by atoms with van der Waals surface area (Å²) >= 11 is 74.3. The molecule has 6 rings (SSSR count). The molecule has 39 heavy (non-hydrogen) atoms. The third-order valence-corrected chi connectivity index (χ3v) is 18.2. The Morgan fingerprint density at radius 3 is 1.10 bits per heavy atom. The summed E-state index contributed by atoms with van der Waals surface area (Å²) in [7, 11) is -4.11. The minimum Gasteiger partial charge on any atom is -0.268 e. The zero-order valence-corrected chi connectivity index (χ0v) is 29.1. The molecule has 2 heterocycles. The summed E-state index contributed by atoms with van der Waals surface area (Å²) < 4.78 is 50.2. The van der Waals surface area contributed by atoms with Crippen LogP contribution in [-0.2, 0) is 38.5 Å². The van der Waals surface area contributed by atoms with E-state index in [0.29, 0.717) is 0 Å². The number of alkyl halides is 8. The lowest BCUT2D eigenvalue weighted by Gasteiger charge is -2.33. The first-order valence-corrected chi connectivity index (χ1v) is 17.4. The first-order valence-electron chi connectivity index (χ1n) is 10.5. The smallest absolute Gasteiger partial charge is 0.268 e. The van der Waals surface area contributed by atoms with Crippen LogP contribution in [0.2, 0.25) is 0 Å². The molecule has 21 heteroatoms. The van der Waals surface area contributed by atoms with Crippen LogP contribution in [-0.4, -0.2) is 67.2 Å². The minimum absolute atomic E-state index is 0.00461. The fraction of sp³-hybridized carbons (Fsp3) is 0.778. The summed E-state index contributed by atoms with van der Waals surface area (Å²) in [6, 6.07) is 0. The van der Waals surface area contributed by atoms with E-state index in [9.17, 15) is 12.6 Å². The summed E-state index contributed by atoms with van der Waals surface area (Å²) in [4.78, 5) is -5.85. The Morgan fingerprint density at radius 1 is 0.564 bits per heavy atom. The molecule has 0 radical (unpaired) electrons. The fourth-order valence-electron chi connectivity index (χ4n) is 5.97. The van der Waals surface area contributed by atoms with Gasteiger partial charge in [0.2, 0.25) is 0 Å². The van der Waals surface area contributed by atoms with Crippen LogP contribution in [0.15, 0.2) is 20.1 Å². The van der Waals surface area contributed by atoms with Crippen molar-refractivity contribution in [3.8, 4) is 0 Å². The molecule has 2 saturated carbocycles. The summed E-state index contributed by atoms with van der Waals surface area (Å²) in [5.41, 5.74) is 0. The van der Waals surface area contributed by atoms with Crippen molar-refractivity contribution in [3.63, 3.8) is 0 Å². The van der Waals surface area contributed by atoms with Gasteiger partial charge < -0.3 is 0 Å². The SMILES string of the molecule is O=S1(=O)OC[C@@H]2[C@H](CO1)[C@@]1(Cl)C(Cl)=C(Cl)[C@]2(Cl)C1(Cl)Cl.O=S1OCC2C(CO1)C1(Cl)C(Cl)=C(Cl)C2(Cl)C1(Cl)Cl. The molecule has 8 atom stereocenters. The Balaban J connectivity index is 0.000000158. The van der Waals surface area contributed by atoms with Crippen molar-refractivity contribution >= 4 is 161 Å². The molecule has 4 aliphatic carbocycles. The molecule has 222 valence electrons. The summed E-state index contributed by atoms with van der Waals surface area (Å²) in [6.07, 6.45) is 0. The van der Waals surface area contributed by atoms with Crippen molar-refractivity contribution in [2.24, 2.45) is 23.7 Å². The first kappa shape index (κ1) is 33.3.